The van der Waals surface area contributed by atoms with Gasteiger partial charge < -0.3 is 30.8 Å². The van der Waals surface area contributed by atoms with Crippen LogP contribution in [-0.4, -0.2) is 41.5 Å². The molecule has 1 amide bonds. The molecule has 154 valence electrons. The number of hydrogen-bond donors (Lipinski definition) is 3. The Hall–Kier alpha value is -2.26. The first kappa shape index (κ1) is 22.0. The first-order chi connectivity index (χ1) is 12.7. The fraction of sp³-hybridized carbons (Fsp3) is 0.579. The molecule has 1 aliphatic rings. The Bertz CT molecular complexity index is 756. The predicted octanol–water partition coefficient (Wildman–Crippen LogP) is 2.79. The van der Waals surface area contributed by atoms with Gasteiger partial charge in [0.2, 0.25) is 0 Å². The van der Waals surface area contributed by atoms with Crippen LogP contribution < -0.4 is 16.8 Å². The summed E-state index contributed by atoms with van der Waals surface area (Å²) in [4.78, 5) is 16.2. The van der Waals surface area contributed by atoms with Crippen LogP contribution in [-0.2, 0) is 14.0 Å². The lowest BCUT2D eigenvalue weighted by Crippen LogP contribution is -2.41. The third kappa shape index (κ3) is 5.17. The van der Waals surface area contributed by atoms with Crippen LogP contribution in [0.3, 0.4) is 0 Å². The van der Waals surface area contributed by atoms with E-state index >= 15 is 0 Å². The van der Waals surface area contributed by atoms with E-state index in [0.717, 1.165) is 0 Å². The minimum atomic E-state index is -0.666. The first-order valence-corrected chi connectivity index (χ1v) is 9.24. The van der Waals surface area contributed by atoms with E-state index in [-0.39, 0.29) is 6.54 Å². The number of carbonyl (C=O) groups is 1. The van der Waals surface area contributed by atoms with Gasteiger partial charge >= 0.3 is 13.2 Å². The van der Waals surface area contributed by atoms with Gasteiger partial charge in [0.1, 0.15) is 5.60 Å². The number of carbonyl (C=O) groups excluding carboxylic acids is 1. The average Bonchev–Trinajstić information content (AvgIpc) is 2.74. The molecule has 0 spiro atoms. The molecule has 0 saturated carbocycles. The van der Waals surface area contributed by atoms with E-state index in [1.54, 1.807) is 33.0 Å². The largest absolute Gasteiger partial charge is 0.492 e. The number of nitrogens with two attached hydrogens (primary N) is 2. The minimum absolute atomic E-state index is 0.153. The van der Waals surface area contributed by atoms with Crippen molar-refractivity contribution >= 4 is 30.7 Å². The third-order valence-electron chi connectivity index (χ3n) is 4.78. The van der Waals surface area contributed by atoms with Crippen LogP contribution in [0.25, 0.3) is 6.08 Å². The highest BCUT2D eigenvalue weighted by molar-refractivity contribution is 6.56. The second kappa shape index (κ2) is 7.64. The van der Waals surface area contributed by atoms with Crippen LogP contribution in [0.15, 0.2) is 17.9 Å². The summed E-state index contributed by atoms with van der Waals surface area (Å²) < 4.78 is 17.6. The van der Waals surface area contributed by atoms with Crippen molar-refractivity contribution in [2.75, 3.05) is 18.0 Å². The van der Waals surface area contributed by atoms with Gasteiger partial charge in [-0.25, -0.2) is 4.79 Å². The van der Waals surface area contributed by atoms with Gasteiger partial charge in [0, 0.05) is 18.3 Å². The summed E-state index contributed by atoms with van der Waals surface area (Å²) in [5.41, 5.74) is 12.4. The number of anilines is 2. The third-order valence-corrected chi connectivity index (χ3v) is 4.78. The molecule has 2 heterocycles. The molecule has 0 aliphatic carbocycles. The van der Waals surface area contributed by atoms with Gasteiger partial charge in [0.05, 0.1) is 28.8 Å². The molecule has 1 aliphatic heterocycles. The van der Waals surface area contributed by atoms with E-state index in [1.165, 1.54) is 6.20 Å². The summed E-state index contributed by atoms with van der Waals surface area (Å²) in [6.07, 6.45) is 4.33. The van der Waals surface area contributed by atoms with Crippen LogP contribution in [0.1, 0.15) is 54.0 Å². The predicted molar refractivity (Wildman–Crippen MR) is 111 cm³/mol. The van der Waals surface area contributed by atoms with Crippen molar-refractivity contribution in [1.29, 1.82) is 0 Å². The van der Waals surface area contributed by atoms with Crippen molar-refractivity contribution in [3.05, 3.63) is 23.4 Å². The highest BCUT2D eigenvalue weighted by atomic mass is 16.7. The molecule has 8 nitrogen and oxygen atoms in total. The fourth-order valence-electron chi connectivity index (χ4n) is 2.50. The van der Waals surface area contributed by atoms with Gasteiger partial charge in [0.25, 0.3) is 0 Å². The Balaban J connectivity index is 2.30. The molecular weight excluding hydrogens is 359 g/mol. The van der Waals surface area contributed by atoms with E-state index in [4.69, 9.17) is 25.5 Å². The molecule has 28 heavy (non-hydrogen) atoms. The van der Waals surface area contributed by atoms with Gasteiger partial charge in [-0.15, -0.1) is 0 Å². The van der Waals surface area contributed by atoms with E-state index in [1.807, 2.05) is 27.7 Å². The summed E-state index contributed by atoms with van der Waals surface area (Å²) in [6.45, 7) is 13.4. The number of aromatic nitrogens is 1. The molecule has 9 heteroatoms. The van der Waals surface area contributed by atoms with Gasteiger partial charge in [-0.2, -0.15) is 0 Å². The maximum Gasteiger partial charge on any atom is 0.492 e. The van der Waals surface area contributed by atoms with Crippen LogP contribution >= 0.6 is 0 Å². The summed E-state index contributed by atoms with van der Waals surface area (Å²) in [5.74, 6) is 0. The molecule has 1 aromatic rings. The lowest BCUT2D eigenvalue weighted by atomic mass is 9.77. The Morgan fingerprint density at radius 1 is 1.21 bits per heavy atom. The lowest BCUT2D eigenvalue weighted by molar-refractivity contribution is 0.00578. The number of rotatable bonds is 4. The Kier molecular flexibility index (Phi) is 6.01. The number of alkyl carbamates (subject to hydrolysis) is 1. The lowest BCUT2D eigenvalue weighted by Gasteiger charge is -2.32. The van der Waals surface area contributed by atoms with Crippen molar-refractivity contribution in [3.63, 3.8) is 0 Å². The molecule has 0 aromatic carbocycles. The van der Waals surface area contributed by atoms with Crippen molar-refractivity contribution in [3.8, 4) is 0 Å². The van der Waals surface area contributed by atoms with E-state index in [2.05, 4.69) is 10.3 Å². The second-order valence-electron chi connectivity index (χ2n) is 8.89. The summed E-state index contributed by atoms with van der Waals surface area (Å²) in [6, 6.07) is 0. The van der Waals surface area contributed by atoms with E-state index in [9.17, 15) is 4.79 Å². The molecular formula is C19H31BN4O4. The molecule has 1 saturated heterocycles. The van der Waals surface area contributed by atoms with Gasteiger partial charge in [0.15, 0.2) is 0 Å². The molecule has 0 unspecified atom stereocenters. The zero-order valence-corrected chi connectivity index (χ0v) is 17.8. The topological polar surface area (TPSA) is 122 Å². The second-order valence-corrected chi connectivity index (χ2v) is 8.89. The average molecular weight is 390 g/mol. The van der Waals surface area contributed by atoms with Crippen LogP contribution in [0, 0.1) is 0 Å². The number of amides is 1. The zero-order valence-electron chi connectivity index (χ0n) is 17.8. The number of nitrogens with one attached hydrogen (secondary N) is 1. The summed E-state index contributed by atoms with van der Waals surface area (Å²) in [7, 11) is -0.666. The highest BCUT2D eigenvalue weighted by Crippen LogP contribution is 2.39. The summed E-state index contributed by atoms with van der Waals surface area (Å²) >= 11 is 0. The molecule has 5 N–H and O–H groups in total. The molecule has 1 fully saturated rings. The normalized spacial score (nSPS) is 18.8. The molecule has 1 aromatic heterocycles. The molecule has 0 radical (unpaired) electrons. The number of pyridine rings is 1. The number of hydrogen-bond acceptors (Lipinski definition) is 7. The van der Waals surface area contributed by atoms with E-state index in [0.29, 0.717) is 22.4 Å². The van der Waals surface area contributed by atoms with E-state index < -0.39 is 30.0 Å². The molecule has 0 atom stereocenters. The standard InChI is InChI=1S/C19H31BN4O4/c1-17(2,3)26-16(25)24-10-13(8-12-9-23-11-14(21)15(12)22)20-27-18(4,5)19(6,7)28-20/h8-9,11H,10,21H2,1-7H3,(H2,22,23)(H,24,25). The Morgan fingerprint density at radius 2 is 1.79 bits per heavy atom. The quantitative estimate of drug-likeness (QED) is 0.676. The van der Waals surface area contributed by atoms with Gasteiger partial charge in [-0.1, -0.05) is 6.08 Å². The fourth-order valence-corrected chi connectivity index (χ4v) is 2.50. The number of nitrogen functional groups attached to an aromatic ring is 2. The first-order valence-electron chi connectivity index (χ1n) is 9.24. The van der Waals surface area contributed by atoms with Crippen LogP contribution in [0.4, 0.5) is 16.2 Å². The number of nitrogens with zero attached hydrogens (tertiary/aromatic N) is 1. The smallest absolute Gasteiger partial charge is 0.444 e. The Morgan fingerprint density at radius 3 is 2.32 bits per heavy atom. The number of ether oxygens (including phenoxy) is 1. The maximum absolute atomic E-state index is 12.1. The maximum atomic E-state index is 12.1. The van der Waals surface area contributed by atoms with Crippen molar-refractivity contribution < 1.29 is 18.8 Å². The van der Waals surface area contributed by atoms with Crippen molar-refractivity contribution in [2.24, 2.45) is 0 Å². The highest BCUT2D eigenvalue weighted by Gasteiger charge is 2.52. The van der Waals surface area contributed by atoms with Gasteiger partial charge in [-0.05, 0) is 53.9 Å². The van der Waals surface area contributed by atoms with Gasteiger partial charge in [-0.3, -0.25) is 4.98 Å². The minimum Gasteiger partial charge on any atom is -0.444 e. The van der Waals surface area contributed by atoms with Crippen molar-refractivity contribution in [1.82, 2.24) is 10.3 Å². The SMILES string of the molecule is CC(C)(C)OC(=O)NCC(=Cc1cncc(N)c1N)B1OC(C)(C)C(C)(C)O1. The zero-order chi connectivity index (χ0) is 21.3. The monoisotopic (exact) mass is 390 g/mol. The molecule has 2 rings (SSSR count). The molecule has 0 bridgehead atoms. The van der Waals surface area contributed by atoms with Crippen molar-refractivity contribution in [2.45, 2.75) is 65.3 Å². The summed E-state index contributed by atoms with van der Waals surface area (Å²) in [5, 5.41) is 2.74. The van der Waals surface area contributed by atoms with Crippen LogP contribution in [0.5, 0.6) is 0 Å². The Labute approximate surface area is 167 Å². The van der Waals surface area contributed by atoms with Crippen LogP contribution in [0.2, 0.25) is 0 Å².